The molecule has 0 aliphatic carbocycles. The number of rotatable bonds is 47. The second-order valence-corrected chi connectivity index (χ2v) is 19.5. The summed E-state index contributed by atoms with van der Waals surface area (Å²) >= 11 is 0. The standard InChI is InChI=1S/C52H98O12S/c1-3-5-7-9-11-13-15-17-19-21-22-23-24-25-27-29-31-33-35-37-39-41-48(54)62-46(45-61-52-50(56)51(64-65(57,58)59)49(55)47(43-53)63-52)44-60-42-40-38-36-34-32-30-28-26-20-18-16-14-12-10-8-6-4-2/h15,17,21-22,46-47,49-53,55-56H,3-14,16,18-20,23-45H2,1-2H3,(H,57,58,59)/b17-15-,22-21-. The first-order chi connectivity index (χ1) is 31.6. The van der Waals surface area contributed by atoms with Crippen molar-refractivity contribution in [2.45, 2.75) is 275 Å². The highest BCUT2D eigenvalue weighted by Gasteiger charge is 2.48. The number of unbranched alkanes of at least 4 members (excludes halogenated alkanes) is 30. The van der Waals surface area contributed by atoms with Crippen LogP contribution in [0.1, 0.15) is 239 Å². The van der Waals surface area contributed by atoms with Crippen molar-refractivity contribution in [3.63, 3.8) is 0 Å². The molecule has 1 rings (SSSR count). The Morgan fingerprint density at radius 3 is 1.46 bits per heavy atom. The number of hydrogen-bond acceptors (Lipinski definition) is 11. The SMILES string of the molecule is CCCCCCC/C=C\C/C=C\CCCCCCCCCCCC(=O)OC(COCCCCCCCCCCCCCCCCCCC)COC1OC(CO)C(O)C(OS(=O)(=O)O)C1O. The minimum atomic E-state index is -5.06. The molecule has 1 saturated heterocycles. The van der Waals surface area contributed by atoms with Crippen LogP contribution in [0.25, 0.3) is 0 Å². The Balaban J connectivity index is 2.34. The van der Waals surface area contributed by atoms with Crippen molar-refractivity contribution in [1.29, 1.82) is 0 Å². The van der Waals surface area contributed by atoms with Crippen molar-refractivity contribution in [2.24, 2.45) is 0 Å². The van der Waals surface area contributed by atoms with Crippen molar-refractivity contribution < 1.29 is 56.2 Å². The Kier molecular flexibility index (Phi) is 41.5. The molecule has 12 nitrogen and oxygen atoms in total. The van der Waals surface area contributed by atoms with Gasteiger partial charge in [0.15, 0.2) is 6.29 Å². The second-order valence-electron chi connectivity index (χ2n) is 18.5. The van der Waals surface area contributed by atoms with Gasteiger partial charge in [0.25, 0.3) is 0 Å². The molecule has 0 radical (unpaired) electrons. The molecule has 0 bridgehead atoms. The van der Waals surface area contributed by atoms with Crippen LogP contribution in [-0.4, -0.2) is 97.5 Å². The van der Waals surface area contributed by atoms with E-state index in [9.17, 15) is 33.1 Å². The average Bonchev–Trinajstić information content (AvgIpc) is 3.28. The number of esters is 1. The summed E-state index contributed by atoms with van der Waals surface area (Å²) in [5.74, 6) is -0.399. The molecule has 384 valence electrons. The predicted molar refractivity (Wildman–Crippen MR) is 262 cm³/mol. The first-order valence-corrected chi connectivity index (χ1v) is 28.0. The summed E-state index contributed by atoms with van der Waals surface area (Å²) < 4.78 is 59.3. The molecule has 0 aromatic rings. The third-order valence-electron chi connectivity index (χ3n) is 12.3. The number of carbonyl (C=O) groups is 1. The molecule has 6 unspecified atom stereocenters. The lowest BCUT2D eigenvalue weighted by Gasteiger charge is -2.41. The fraction of sp³-hybridized carbons (Fsp3) is 0.904. The van der Waals surface area contributed by atoms with Gasteiger partial charge >= 0.3 is 16.4 Å². The van der Waals surface area contributed by atoms with Gasteiger partial charge in [-0.25, -0.2) is 4.18 Å². The molecular formula is C52H98O12S. The van der Waals surface area contributed by atoms with Gasteiger partial charge in [0.2, 0.25) is 0 Å². The van der Waals surface area contributed by atoms with E-state index in [1.54, 1.807) is 0 Å². The fourth-order valence-corrected chi connectivity index (χ4v) is 8.80. The van der Waals surface area contributed by atoms with Crippen LogP contribution in [0, 0.1) is 0 Å². The highest BCUT2D eigenvalue weighted by atomic mass is 32.3. The van der Waals surface area contributed by atoms with Crippen LogP contribution < -0.4 is 0 Å². The van der Waals surface area contributed by atoms with E-state index in [2.05, 4.69) is 42.3 Å². The van der Waals surface area contributed by atoms with Gasteiger partial charge in [-0.05, 0) is 44.9 Å². The average molecular weight is 947 g/mol. The second kappa shape index (κ2) is 43.8. The molecule has 6 atom stereocenters. The predicted octanol–water partition coefficient (Wildman–Crippen LogP) is 12.4. The molecule has 1 fully saturated rings. The Hall–Kier alpha value is -1.42. The van der Waals surface area contributed by atoms with Crippen molar-refractivity contribution in [3.8, 4) is 0 Å². The number of aliphatic hydroxyl groups excluding tert-OH is 3. The Morgan fingerprint density at radius 1 is 0.585 bits per heavy atom. The zero-order chi connectivity index (χ0) is 47.5. The smallest absolute Gasteiger partial charge is 0.397 e. The zero-order valence-corrected chi connectivity index (χ0v) is 42.1. The summed E-state index contributed by atoms with van der Waals surface area (Å²) in [6, 6.07) is 0. The molecule has 0 spiro atoms. The normalized spacial score (nSPS) is 19.8. The summed E-state index contributed by atoms with van der Waals surface area (Å²) in [4.78, 5) is 12.9. The number of hydrogen-bond donors (Lipinski definition) is 4. The number of carbonyl (C=O) groups excluding carboxylic acids is 1. The van der Waals surface area contributed by atoms with Crippen molar-refractivity contribution >= 4 is 16.4 Å². The van der Waals surface area contributed by atoms with E-state index in [-0.39, 0.29) is 19.6 Å². The Morgan fingerprint density at radius 2 is 1.02 bits per heavy atom. The molecule has 65 heavy (non-hydrogen) atoms. The van der Waals surface area contributed by atoms with Crippen LogP contribution in [0.15, 0.2) is 24.3 Å². The van der Waals surface area contributed by atoms with E-state index in [4.69, 9.17) is 18.9 Å². The van der Waals surface area contributed by atoms with Crippen LogP contribution in [0.2, 0.25) is 0 Å². The van der Waals surface area contributed by atoms with E-state index in [1.807, 2.05) is 0 Å². The lowest BCUT2D eigenvalue weighted by atomic mass is 9.99. The molecule has 13 heteroatoms. The van der Waals surface area contributed by atoms with E-state index in [0.717, 1.165) is 51.4 Å². The quantitative estimate of drug-likeness (QED) is 0.0197. The zero-order valence-electron chi connectivity index (χ0n) is 41.3. The number of allylic oxidation sites excluding steroid dienone is 4. The first-order valence-electron chi connectivity index (χ1n) is 26.6. The summed E-state index contributed by atoms with van der Waals surface area (Å²) in [7, 11) is -5.06. The van der Waals surface area contributed by atoms with E-state index >= 15 is 0 Å². The van der Waals surface area contributed by atoms with Crippen LogP contribution in [0.3, 0.4) is 0 Å². The lowest BCUT2D eigenvalue weighted by molar-refractivity contribution is -0.301. The highest BCUT2D eigenvalue weighted by molar-refractivity contribution is 7.80. The van der Waals surface area contributed by atoms with Crippen LogP contribution in [0.4, 0.5) is 0 Å². The molecule has 1 aliphatic heterocycles. The van der Waals surface area contributed by atoms with Gasteiger partial charge in [-0.3, -0.25) is 9.35 Å². The topological polar surface area (TPSA) is 178 Å². The van der Waals surface area contributed by atoms with Gasteiger partial charge < -0.3 is 34.3 Å². The maximum atomic E-state index is 12.9. The summed E-state index contributed by atoms with van der Waals surface area (Å²) in [5, 5.41) is 30.8. The molecule has 0 aromatic carbocycles. The summed E-state index contributed by atoms with van der Waals surface area (Å²) in [5.41, 5.74) is 0. The van der Waals surface area contributed by atoms with Crippen LogP contribution in [0.5, 0.6) is 0 Å². The first kappa shape index (κ1) is 61.6. The van der Waals surface area contributed by atoms with Gasteiger partial charge in [-0.15, -0.1) is 0 Å². The van der Waals surface area contributed by atoms with Gasteiger partial charge in [-0.2, -0.15) is 8.42 Å². The maximum Gasteiger partial charge on any atom is 0.397 e. The fourth-order valence-electron chi connectivity index (χ4n) is 8.29. The molecule has 0 saturated carbocycles. The molecular weight excluding hydrogens is 849 g/mol. The molecule has 1 heterocycles. The van der Waals surface area contributed by atoms with Crippen molar-refractivity contribution in [1.82, 2.24) is 0 Å². The van der Waals surface area contributed by atoms with Crippen molar-refractivity contribution in [2.75, 3.05) is 26.4 Å². The minimum Gasteiger partial charge on any atom is -0.457 e. The minimum absolute atomic E-state index is 0.0390. The van der Waals surface area contributed by atoms with Gasteiger partial charge in [0, 0.05) is 13.0 Å². The molecule has 0 amide bonds. The highest BCUT2D eigenvalue weighted by Crippen LogP contribution is 2.26. The van der Waals surface area contributed by atoms with Gasteiger partial charge in [-0.1, -0.05) is 212 Å². The lowest BCUT2D eigenvalue weighted by Crippen LogP contribution is -2.60. The van der Waals surface area contributed by atoms with E-state index in [1.165, 1.54) is 161 Å². The number of ether oxygens (including phenoxy) is 4. The van der Waals surface area contributed by atoms with Gasteiger partial charge in [0.05, 0.1) is 19.8 Å². The molecule has 4 N–H and O–H groups in total. The third kappa shape index (κ3) is 37.2. The van der Waals surface area contributed by atoms with Crippen molar-refractivity contribution in [3.05, 3.63) is 24.3 Å². The monoisotopic (exact) mass is 947 g/mol. The maximum absolute atomic E-state index is 12.9. The van der Waals surface area contributed by atoms with Gasteiger partial charge in [0.1, 0.15) is 30.5 Å². The number of aliphatic hydroxyl groups is 3. The van der Waals surface area contributed by atoms with Crippen LogP contribution >= 0.6 is 0 Å². The summed E-state index contributed by atoms with van der Waals surface area (Å²) in [6.45, 7) is 4.02. The third-order valence-corrected chi connectivity index (χ3v) is 12.8. The largest absolute Gasteiger partial charge is 0.457 e. The Labute approximate surface area is 397 Å². The summed E-state index contributed by atoms with van der Waals surface area (Å²) in [6.07, 6.45) is 42.0. The molecule has 0 aromatic heterocycles. The van der Waals surface area contributed by atoms with E-state index in [0.29, 0.717) is 13.0 Å². The van der Waals surface area contributed by atoms with Crippen LogP contribution in [-0.2, 0) is 38.3 Å². The Bertz CT molecular complexity index is 1230. The molecule has 1 aliphatic rings. The van der Waals surface area contributed by atoms with E-state index < -0.39 is 59.8 Å².